The van der Waals surface area contributed by atoms with E-state index in [0.717, 1.165) is 18.7 Å². The van der Waals surface area contributed by atoms with Crippen LogP contribution in [0.2, 0.25) is 0 Å². The molecule has 1 heterocycles. The van der Waals surface area contributed by atoms with Crippen LogP contribution in [-0.4, -0.2) is 15.1 Å². The first-order valence-corrected chi connectivity index (χ1v) is 4.45. The first-order valence-electron chi connectivity index (χ1n) is 3.54. The third-order valence-corrected chi connectivity index (χ3v) is 2.05. The maximum atomic E-state index is 8.94. The topological polar surface area (TPSA) is 39.9 Å². The van der Waals surface area contributed by atoms with Crippen molar-refractivity contribution >= 4 is 15.9 Å². The maximum absolute atomic E-state index is 8.94. The number of aromatic nitrogens is 2. The van der Waals surface area contributed by atoms with Gasteiger partial charge in [0.15, 0.2) is 0 Å². The van der Waals surface area contributed by atoms with E-state index in [-0.39, 0.29) is 0 Å². The Balaban J connectivity index is 2.44. The Hall–Kier alpha value is -0.350. The normalized spacial score (nSPS) is 13.4. The Bertz CT molecular complexity index is 222. The van der Waals surface area contributed by atoms with Crippen molar-refractivity contribution in [2.45, 2.75) is 17.9 Å². The molecular formula is C7H12BrN2O+. The molecule has 1 atom stereocenters. The number of hydrogen-bond acceptors (Lipinski definition) is 1. The van der Waals surface area contributed by atoms with Gasteiger partial charge in [-0.15, -0.1) is 0 Å². The van der Waals surface area contributed by atoms with Gasteiger partial charge in [0, 0.05) is 0 Å². The molecule has 1 aromatic heterocycles. The van der Waals surface area contributed by atoms with Crippen molar-refractivity contribution in [3.63, 3.8) is 0 Å². The number of alkyl halides is 1. The number of nitrogens with one attached hydrogen (secondary N) is 1. The number of halogens is 1. The van der Waals surface area contributed by atoms with Gasteiger partial charge in [0.1, 0.15) is 17.4 Å². The minimum atomic E-state index is -0.397. The summed E-state index contributed by atoms with van der Waals surface area (Å²) in [5, 5.41) is 8.54. The molecule has 4 heteroatoms. The number of aromatic amines is 1. The van der Waals surface area contributed by atoms with Gasteiger partial charge < -0.3 is 5.11 Å². The highest BCUT2D eigenvalue weighted by molar-refractivity contribution is 9.09. The maximum Gasteiger partial charge on any atom is 0.254 e. The van der Waals surface area contributed by atoms with Gasteiger partial charge >= 0.3 is 0 Å². The Morgan fingerprint density at radius 2 is 2.55 bits per heavy atom. The van der Waals surface area contributed by atoms with Gasteiger partial charge in [-0.3, -0.25) is 0 Å². The van der Waals surface area contributed by atoms with Crippen LogP contribution in [0.25, 0.3) is 0 Å². The quantitative estimate of drug-likeness (QED) is 0.564. The van der Waals surface area contributed by atoms with Crippen LogP contribution in [0, 0.1) is 0 Å². The van der Waals surface area contributed by atoms with E-state index in [9.17, 15) is 0 Å². The van der Waals surface area contributed by atoms with Gasteiger partial charge in [-0.1, -0.05) is 15.9 Å². The second-order valence-corrected chi connectivity index (χ2v) is 3.55. The van der Waals surface area contributed by atoms with Crippen LogP contribution in [0.3, 0.4) is 0 Å². The first-order chi connectivity index (χ1) is 5.20. The van der Waals surface area contributed by atoms with Crippen molar-refractivity contribution in [2.75, 3.05) is 0 Å². The molecule has 1 unspecified atom stereocenters. The number of aryl methyl sites for hydroxylation is 2. The summed E-state index contributed by atoms with van der Waals surface area (Å²) in [5.41, 5.74) is 0. The number of nitrogens with zero attached hydrogens (tertiary/aromatic N) is 1. The monoisotopic (exact) mass is 219 g/mol. The Labute approximate surface area is 74.2 Å². The van der Waals surface area contributed by atoms with E-state index in [0.29, 0.717) is 0 Å². The summed E-state index contributed by atoms with van der Waals surface area (Å²) in [6, 6.07) is 0. The average molecular weight is 220 g/mol. The molecule has 1 rings (SSSR count). The number of aliphatic hydroxyl groups is 1. The van der Waals surface area contributed by atoms with Gasteiger partial charge in [-0.2, -0.15) is 0 Å². The van der Waals surface area contributed by atoms with Crippen molar-refractivity contribution in [3.8, 4) is 0 Å². The van der Waals surface area contributed by atoms with Gasteiger partial charge in [-0.05, 0) is 6.42 Å². The molecule has 0 aromatic carbocycles. The molecule has 62 valence electrons. The molecule has 11 heavy (non-hydrogen) atoms. The summed E-state index contributed by atoms with van der Waals surface area (Å²) in [6.45, 7) is 0. The minimum absolute atomic E-state index is 0.397. The third kappa shape index (κ3) is 2.63. The fourth-order valence-electron chi connectivity index (χ4n) is 0.941. The van der Waals surface area contributed by atoms with Gasteiger partial charge in [0.2, 0.25) is 0 Å². The number of rotatable bonds is 3. The number of aliphatic hydroxyl groups excluding tert-OH is 1. The second kappa shape index (κ2) is 3.88. The fraction of sp³-hybridized carbons (Fsp3) is 0.571. The van der Waals surface area contributed by atoms with Gasteiger partial charge in [-0.25, -0.2) is 9.55 Å². The van der Waals surface area contributed by atoms with Crippen LogP contribution in [0.1, 0.15) is 12.2 Å². The lowest BCUT2D eigenvalue weighted by Crippen LogP contribution is -2.30. The molecule has 0 amide bonds. The summed E-state index contributed by atoms with van der Waals surface area (Å²) >= 11 is 3.08. The van der Waals surface area contributed by atoms with Crippen molar-refractivity contribution in [1.82, 2.24) is 4.98 Å². The third-order valence-electron chi connectivity index (χ3n) is 1.59. The molecule has 0 spiro atoms. The molecule has 0 aliphatic rings. The van der Waals surface area contributed by atoms with E-state index in [1.54, 1.807) is 0 Å². The Morgan fingerprint density at radius 1 is 1.82 bits per heavy atom. The smallest absolute Gasteiger partial charge is 0.254 e. The largest absolute Gasteiger partial charge is 0.382 e. The summed E-state index contributed by atoms with van der Waals surface area (Å²) in [7, 11) is 1.98. The lowest BCUT2D eigenvalue weighted by Gasteiger charge is -1.97. The zero-order valence-corrected chi connectivity index (χ0v) is 8.00. The SMILES string of the molecule is C[n+]1cc[nH]c1CCC(O)Br. The highest BCUT2D eigenvalue weighted by Crippen LogP contribution is 2.03. The predicted octanol–water partition coefficient (Wildman–Crippen LogP) is 0.485. The predicted molar refractivity (Wildman–Crippen MR) is 45.2 cm³/mol. The van der Waals surface area contributed by atoms with E-state index in [4.69, 9.17) is 5.11 Å². The highest BCUT2D eigenvalue weighted by Gasteiger charge is 2.07. The number of H-pyrrole nitrogens is 1. The van der Waals surface area contributed by atoms with Crippen molar-refractivity contribution in [2.24, 2.45) is 7.05 Å². The molecule has 2 N–H and O–H groups in total. The van der Waals surface area contributed by atoms with Crippen LogP contribution >= 0.6 is 15.9 Å². The van der Waals surface area contributed by atoms with E-state index >= 15 is 0 Å². The lowest BCUT2D eigenvalue weighted by atomic mass is 10.3. The Kier molecular flexibility index (Phi) is 3.08. The summed E-state index contributed by atoms with van der Waals surface area (Å²) in [4.78, 5) is 3.09. The number of hydrogen-bond donors (Lipinski definition) is 2. The van der Waals surface area contributed by atoms with Crippen molar-refractivity contribution in [1.29, 1.82) is 0 Å². The lowest BCUT2D eigenvalue weighted by molar-refractivity contribution is -0.677. The van der Waals surface area contributed by atoms with Crippen LogP contribution in [0.5, 0.6) is 0 Å². The molecule has 3 nitrogen and oxygen atoms in total. The van der Waals surface area contributed by atoms with Crippen LogP contribution in [-0.2, 0) is 13.5 Å². The Morgan fingerprint density at radius 3 is 3.00 bits per heavy atom. The van der Waals surface area contributed by atoms with Crippen molar-refractivity contribution in [3.05, 3.63) is 18.2 Å². The van der Waals surface area contributed by atoms with Crippen LogP contribution in [0.4, 0.5) is 0 Å². The molecule has 0 saturated carbocycles. The van der Waals surface area contributed by atoms with Crippen molar-refractivity contribution < 1.29 is 9.67 Å². The first kappa shape index (κ1) is 8.74. The molecular weight excluding hydrogens is 208 g/mol. The van der Waals surface area contributed by atoms with Crippen LogP contribution in [0.15, 0.2) is 12.4 Å². The van der Waals surface area contributed by atoms with Gasteiger partial charge in [0.05, 0.1) is 13.5 Å². The summed E-state index contributed by atoms with van der Waals surface area (Å²) < 4.78 is 2.01. The van der Waals surface area contributed by atoms with E-state index < -0.39 is 5.01 Å². The van der Waals surface area contributed by atoms with E-state index in [1.165, 1.54) is 0 Å². The molecule has 0 fully saturated rings. The van der Waals surface area contributed by atoms with Gasteiger partial charge in [0.25, 0.3) is 5.82 Å². The standard InChI is InChI=1S/C7H11BrN2O/c1-10-5-4-9-7(10)3-2-6(8)11/h4-6,11H,2-3H2,1H3/p+1. The molecule has 0 bridgehead atoms. The zero-order valence-electron chi connectivity index (χ0n) is 6.42. The number of imidazole rings is 1. The zero-order chi connectivity index (χ0) is 8.27. The molecule has 0 radical (unpaired) electrons. The van der Waals surface area contributed by atoms with E-state index in [2.05, 4.69) is 20.9 Å². The average Bonchev–Trinajstić information content (AvgIpc) is 2.31. The second-order valence-electron chi connectivity index (χ2n) is 2.49. The highest BCUT2D eigenvalue weighted by atomic mass is 79.9. The summed E-state index contributed by atoms with van der Waals surface area (Å²) in [5.74, 6) is 1.13. The minimum Gasteiger partial charge on any atom is -0.382 e. The fourth-order valence-corrected chi connectivity index (χ4v) is 1.17. The molecule has 0 aliphatic carbocycles. The van der Waals surface area contributed by atoms with Crippen LogP contribution < -0.4 is 4.57 Å². The summed E-state index contributed by atoms with van der Waals surface area (Å²) in [6.07, 6.45) is 5.43. The molecule has 0 saturated heterocycles. The molecule has 1 aromatic rings. The van der Waals surface area contributed by atoms with E-state index in [1.807, 2.05) is 24.0 Å². The molecule has 0 aliphatic heterocycles.